The van der Waals surface area contributed by atoms with Crippen molar-refractivity contribution in [3.8, 4) is 0 Å². The summed E-state index contributed by atoms with van der Waals surface area (Å²) in [5.41, 5.74) is 3.85. The Hall–Kier alpha value is -2.56. The fraction of sp³-hybridized carbons (Fsp3) is 0.533. The second-order valence-electron chi connectivity index (χ2n) is 11.7. The molecule has 2 aromatic rings. The molecule has 0 bridgehead atoms. The quantitative estimate of drug-likeness (QED) is 0.354. The smallest absolute Gasteiger partial charge is 0.252 e. The first-order valence-corrected chi connectivity index (χ1v) is 16.9. The Morgan fingerprint density at radius 1 is 1.13 bits per heavy atom. The van der Waals surface area contributed by atoms with E-state index >= 15 is 0 Å². The Kier molecular flexibility index (Phi) is 9.28. The highest BCUT2D eigenvalue weighted by Crippen LogP contribution is 2.46. The molecular formula is C30H42N2O6Si. The minimum Gasteiger partial charge on any atom is -0.432 e. The number of aliphatic hydroxyl groups excluding tert-OH is 2. The molecule has 2 amide bonds. The number of anilines is 1. The van der Waals surface area contributed by atoms with E-state index in [2.05, 4.69) is 18.3 Å². The number of hydrogen-bond donors (Lipinski definition) is 4. The number of nitrogens with one attached hydrogen (secondary N) is 1. The van der Waals surface area contributed by atoms with Gasteiger partial charge in [0.1, 0.15) is 6.10 Å². The van der Waals surface area contributed by atoms with Gasteiger partial charge in [0.05, 0.1) is 31.3 Å². The molecule has 2 aliphatic rings. The highest BCUT2D eigenvalue weighted by atomic mass is 28.4. The molecule has 0 radical (unpaired) electrons. The van der Waals surface area contributed by atoms with E-state index in [0.717, 1.165) is 17.5 Å². The van der Waals surface area contributed by atoms with Crippen molar-refractivity contribution in [2.45, 2.75) is 89.1 Å². The van der Waals surface area contributed by atoms with E-state index in [1.807, 2.05) is 49.5 Å². The van der Waals surface area contributed by atoms with Crippen LogP contribution in [0, 0.1) is 5.92 Å². The largest absolute Gasteiger partial charge is 0.432 e. The summed E-state index contributed by atoms with van der Waals surface area (Å²) in [6.45, 7) is 7.75. The van der Waals surface area contributed by atoms with E-state index in [9.17, 15) is 24.6 Å². The lowest BCUT2D eigenvalue weighted by Crippen LogP contribution is -2.48. The number of nitrogens with zero attached hydrogens (tertiary/aromatic N) is 1. The SMILES string of the molecule is C[C@H]1[C@H]([Si](C)(C)O)[C@@H](CC(=O)N2Cc3ccccc3C[C@H]2CO)O[C@H]1CCc1cccc(NC(=O)[C@H](C)O)c1. The van der Waals surface area contributed by atoms with Gasteiger partial charge in [-0.15, -0.1) is 0 Å². The number of benzene rings is 2. The third-order valence-corrected chi connectivity index (χ3v) is 10.8. The topological polar surface area (TPSA) is 119 Å². The second kappa shape index (κ2) is 12.3. The maximum atomic E-state index is 13.6. The minimum absolute atomic E-state index is 0.0498. The Morgan fingerprint density at radius 3 is 2.51 bits per heavy atom. The first-order valence-electron chi connectivity index (χ1n) is 13.9. The van der Waals surface area contributed by atoms with Crippen molar-refractivity contribution < 1.29 is 29.3 Å². The molecule has 1 fully saturated rings. The molecule has 0 unspecified atom stereocenters. The molecule has 0 spiro atoms. The fourth-order valence-corrected chi connectivity index (χ4v) is 8.91. The summed E-state index contributed by atoms with van der Waals surface area (Å²) in [6, 6.07) is 15.3. The summed E-state index contributed by atoms with van der Waals surface area (Å²) in [6.07, 6.45) is 0.665. The van der Waals surface area contributed by atoms with Gasteiger partial charge < -0.3 is 30.0 Å². The lowest BCUT2D eigenvalue weighted by atomic mass is 9.93. The molecule has 0 aromatic heterocycles. The zero-order valence-corrected chi connectivity index (χ0v) is 24.3. The Morgan fingerprint density at radius 2 is 1.85 bits per heavy atom. The maximum absolute atomic E-state index is 13.6. The van der Waals surface area contributed by atoms with Gasteiger partial charge in [-0.25, -0.2) is 0 Å². The van der Waals surface area contributed by atoms with Gasteiger partial charge in [-0.2, -0.15) is 0 Å². The number of ether oxygens (including phenoxy) is 1. The van der Waals surface area contributed by atoms with Crippen molar-refractivity contribution in [3.05, 3.63) is 65.2 Å². The normalized spacial score (nSPS) is 25.7. The fourth-order valence-electron chi connectivity index (χ4n) is 6.30. The van der Waals surface area contributed by atoms with E-state index < -0.39 is 20.3 Å². The van der Waals surface area contributed by atoms with E-state index in [1.165, 1.54) is 12.5 Å². The van der Waals surface area contributed by atoms with Crippen LogP contribution in [-0.2, 0) is 33.7 Å². The Labute approximate surface area is 232 Å². The number of amides is 2. The number of aliphatic hydroxyl groups is 2. The van der Waals surface area contributed by atoms with Crippen molar-refractivity contribution in [1.82, 2.24) is 4.90 Å². The van der Waals surface area contributed by atoms with Crippen molar-refractivity contribution in [1.29, 1.82) is 0 Å². The zero-order chi connectivity index (χ0) is 28.3. The van der Waals surface area contributed by atoms with E-state index in [1.54, 1.807) is 11.0 Å². The van der Waals surface area contributed by atoms with Crippen molar-refractivity contribution in [2.75, 3.05) is 11.9 Å². The molecule has 1 saturated heterocycles. The first kappa shape index (κ1) is 29.4. The second-order valence-corrected chi connectivity index (χ2v) is 15.7. The third kappa shape index (κ3) is 6.96. The molecule has 9 heteroatoms. The number of fused-ring (bicyclic) bond motifs is 1. The van der Waals surface area contributed by atoms with Gasteiger partial charge in [0.2, 0.25) is 5.91 Å². The lowest BCUT2D eigenvalue weighted by Gasteiger charge is -2.37. The summed E-state index contributed by atoms with van der Waals surface area (Å²) in [5, 5.41) is 22.2. The lowest BCUT2D eigenvalue weighted by molar-refractivity contribution is -0.138. The molecule has 6 atom stereocenters. The van der Waals surface area contributed by atoms with Gasteiger partial charge in [0.15, 0.2) is 8.32 Å². The molecule has 4 N–H and O–H groups in total. The minimum atomic E-state index is -2.65. The number of hydrogen-bond acceptors (Lipinski definition) is 6. The highest BCUT2D eigenvalue weighted by Gasteiger charge is 2.50. The van der Waals surface area contributed by atoms with Gasteiger partial charge in [0, 0.05) is 17.8 Å². The Bertz CT molecular complexity index is 1170. The van der Waals surface area contributed by atoms with Crippen LogP contribution in [0.3, 0.4) is 0 Å². The van der Waals surface area contributed by atoms with Crippen LogP contribution < -0.4 is 5.32 Å². The Balaban J connectivity index is 1.44. The number of rotatable bonds is 9. The molecular weight excluding hydrogens is 512 g/mol. The summed E-state index contributed by atoms with van der Waals surface area (Å²) >= 11 is 0. The standard InChI is InChI=1S/C30H42N2O6Si/c1-19-26(13-12-21-8-7-11-24(14-21)31-30(36)20(2)34)38-27(29(19)39(3,4)37)16-28(35)32-17-23-10-6-5-9-22(23)15-25(32)18-33/h5-11,14,19-20,25-27,29,33-34,37H,12-13,15-18H2,1-4H3,(H,31,36)/t19-,20+,25+,26+,27-,29+/m1/s1. The van der Waals surface area contributed by atoms with Crippen molar-refractivity contribution >= 4 is 25.8 Å². The molecule has 2 aromatic carbocycles. The number of aryl methyl sites for hydroxylation is 1. The molecule has 2 aliphatic heterocycles. The van der Waals surface area contributed by atoms with Crippen LogP contribution in [0.4, 0.5) is 5.69 Å². The van der Waals surface area contributed by atoms with Crippen molar-refractivity contribution in [3.63, 3.8) is 0 Å². The van der Waals surface area contributed by atoms with E-state index in [0.29, 0.717) is 25.1 Å². The predicted molar refractivity (Wildman–Crippen MR) is 153 cm³/mol. The first-order chi connectivity index (χ1) is 18.5. The van der Waals surface area contributed by atoms with Gasteiger partial charge in [-0.1, -0.05) is 43.3 Å². The summed E-state index contributed by atoms with van der Waals surface area (Å²) in [7, 11) is -2.65. The van der Waals surface area contributed by atoms with Crippen molar-refractivity contribution in [2.24, 2.45) is 5.92 Å². The molecule has 39 heavy (non-hydrogen) atoms. The summed E-state index contributed by atoms with van der Waals surface area (Å²) in [5.74, 6) is -0.416. The average Bonchev–Trinajstić information content (AvgIpc) is 3.21. The van der Waals surface area contributed by atoms with Crippen LogP contribution in [0.2, 0.25) is 18.6 Å². The average molecular weight is 555 g/mol. The summed E-state index contributed by atoms with van der Waals surface area (Å²) in [4.78, 5) is 38.4. The van der Waals surface area contributed by atoms with Crippen LogP contribution in [0.15, 0.2) is 48.5 Å². The van der Waals surface area contributed by atoms with Crippen LogP contribution >= 0.6 is 0 Å². The third-order valence-electron chi connectivity index (χ3n) is 8.27. The molecule has 8 nitrogen and oxygen atoms in total. The molecule has 2 heterocycles. The zero-order valence-electron chi connectivity index (χ0n) is 23.3. The summed E-state index contributed by atoms with van der Waals surface area (Å²) < 4.78 is 6.52. The highest BCUT2D eigenvalue weighted by molar-refractivity contribution is 6.71. The van der Waals surface area contributed by atoms with Gasteiger partial charge in [-0.05, 0) is 74.0 Å². The van der Waals surface area contributed by atoms with Crippen LogP contribution in [-0.4, -0.2) is 71.0 Å². The maximum Gasteiger partial charge on any atom is 0.252 e. The van der Waals surface area contributed by atoms with Gasteiger partial charge >= 0.3 is 0 Å². The van der Waals surface area contributed by atoms with Gasteiger partial charge in [0.25, 0.3) is 5.91 Å². The molecule has 0 saturated carbocycles. The number of carbonyl (C=O) groups is 2. The van der Waals surface area contributed by atoms with Crippen LogP contribution in [0.1, 0.15) is 43.4 Å². The monoisotopic (exact) mass is 554 g/mol. The van der Waals surface area contributed by atoms with Gasteiger partial charge in [-0.3, -0.25) is 9.59 Å². The molecule has 212 valence electrons. The number of carbonyl (C=O) groups excluding carboxylic acids is 2. The predicted octanol–water partition coefficient (Wildman–Crippen LogP) is 3.25. The molecule has 0 aliphatic carbocycles. The van der Waals surface area contributed by atoms with Crippen LogP contribution in [0.25, 0.3) is 0 Å². The van der Waals surface area contributed by atoms with E-state index in [4.69, 9.17) is 4.74 Å². The molecule has 4 rings (SSSR count). The van der Waals surface area contributed by atoms with E-state index in [-0.39, 0.29) is 48.6 Å². The van der Waals surface area contributed by atoms with Crippen LogP contribution in [0.5, 0.6) is 0 Å².